The van der Waals surface area contributed by atoms with Crippen LogP contribution in [0.1, 0.15) is 28.8 Å². The molecule has 5 heteroatoms. The van der Waals surface area contributed by atoms with Crippen molar-refractivity contribution in [2.45, 2.75) is 25.3 Å². The summed E-state index contributed by atoms with van der Waals surface area (Å²) < 4.78 is 4.75. The van der Waals surface area contributed by atoms with E-state index in [0.29, 0.717) is 12.1 Å². The van der Waals surface area contributed by atoms with Crippen LogP contribution in [0.15, 0.2) is 24.3 Å². The molecule has 0 amide bonds. The Bertz CT molecular complexity index is 508. The van der Waals surface area contributed by atoms with Crippen molar-refractivity contribution in [3.05, 3.63) is 35.4 Å². The lowest BCUT2D eigenvalue weighted by Gasteiger charge is -2.29. The van der Waals surface area contributed by atoms with E-state index in [2.05, 4.69) is 4.90 Å². The van der Waals surface area contributed by atoms with E-state index in [1.54, 1.807) is 18.2 Å². The number of likely N-dealkylation sites (tertiary alicyclic amines) is 1. The number of hydrogen-bond acceptors (Lipinski definition) is 5. The fraction of sp³-hybridized carbons (Fsp3) is 0.500. The van der Waals surface area contributed by atoms with Crippen molar-refractivity contribution in [2.24, 2.45) is 5.73 Å². The van der Waals surface area contributed by atoms with Gasteiger partial charge < -0.3 is 10.5 Å². The van der Waals surface area contributed by atoms with Gasteiger partial charge in [-0.15, -0.1) is 0 Å². The summed E-state index contributed by atoms with van der Waals surface area (Å²) in [5, 5.41) is 0. The van der Waals surface area contributed by atoms with E-state index in [4.69, 9.17) is 10.5 Å². The molecular formula is C16H22N2O3. The highest BCUT2D eigenvalue weighted by Gasteiger charge is 2.19. The Hall–Kier alpha value is -1.72. The van der Waals surface area contributed by atoms with E-state index in [9.17, 15) is 9.59 Å². The minimum atomic E-state index is -0.401. The molecule has 114 valence electrons. The smallest absolute Gasteiger partial charge is 0.338 e. The standard InChI is InChI=1S/C16H22N2O3/c1-21-16(20)15-5-3-2-4-12(15)10-14(19)11-18-8-6-13(17)7-9-18/h2-5,13H,6-11,17H2,1H3. The normalized spacial score (nSPS) is 16.7. The number of methoxy groups -OCH3 is 1. The average Bonchev–Trinajstić information content (AvgIpc) is 2.49. The van der Waals surface area contributed by atoms with Gasteiger partial charge in [0.2, 0.25) is 0 Å². The van der Waals surface area contributed by atoms with Crippen molar-refractivity contribution in [1.82, 2.24) is 4.90 Å². The lowest BCUT2D eigenvalue weighted by atomic mass is 10.0. The highest BCUT2D eigenvalue weighted by molar-refractivity contribution is 5.93. The summed E-state index contributed by atoms with van der Waals surface area (Å²) in [4.78, 5) is 26.0. The molecule has 2 rings (SSSR count). The van der Waals surface area contributed by atoms with Gasteiger partial charge in [0.15, 0.2) is 5.78 Å². The zero-order chi connectivity index (χ0) is 15.2. The van der Waals surface area contributed by atoms with Crippen molar-refractivity contribution >= 4 is 11.8 Å². The Labute approximate surface area is 125 Å². The highest BCUT2D eigenvalue weighted by atomic mass is 16.5. The van der Waals surface area contributed by atoms with Gasteiger partial charge in [0.1, 0.15) is 0 Å². The molecule has 1 aliphatic heterocycles. The van der Waals surface area contributed by atoms with Crippen LogP contribution in [0.5, 0.6) is 0 Å². The summed E-state index contributed by atoms with van der Waals surface area (Å²) >= 11 is 0. The quantitative estimate of drug-likeness (QED) is 0.819. The van der Waals surface area contributed by atoms with Crippen LogP contribution >= 0.6 is 0 Å². The van der Waals surface area contributed by atoms with Crippen molar-refractivity contribution in [2.75, 3.05) is 26.7 Å². The molecule has 0 spiro atoms. The van der Waals surface area contributed by atoms with Crippen LogP contribution in [-0.2, 0) is 16.0 Å². The first kappa shape index (κ1) is 15.7. The van der Waals surface area contributed by atoms with Gasteiger partial charge in [0.05, 0.1) is 19.2 Å². The van der Waals surface area contributed by atoms with Gasteiger partial charge in [-0.2, -0.15) is 0 Å². The molecule has 0 atom stereocenters. The Kier molecular flexibility index (Phi) is 5.47. The van der Waals surface area contributed by atoms with Crippen LogP contribution in [0, 0.1) is 0 Å². The van der Waals surface area contributed by atoms with Crippen LogP contribution in [0.3, 0.4) is 0 Å². The number of ketones is 1. The van der Waals surface area contributed by atoms with Crippen molar-refractivity contribution < 1.29 is 14.3 Å². The second-order valence-corrected chi connectivity index (χ2v) is 5.48. The van der Waals surface area contributed by atoms with Crippen LogP contribution in [-0.4, -0.2) is 49.4 Å². The number of hydrogen-bond donors (Lipinski definition) is 1. The van der Waals surface area contributed by atoms with Gasteiger partial charge in [0.25, 0.3) is 0 Å². The van der Waals surface area contributed by atoms with E-state index in [1.165, 1.54) is 7.11 Å². The third-order valence-electron chi connectivity index (χ3n) is 3.84. The lowest BCUT2D eigenvalue weighted by molar-refractivity contribution is -0.119. The molecule has 1 aliphatic rings. The maximum absolute atomic E-state index is 12.2. The van der Waals surface area contributed by atoms with Gasteiger partial charge in [0, 0.05) is 25.6 Å². The average molecular weight is 290 g/mol. The lowest BCUT2D eigenvalue weighted by Crippen LogP contribution is -2.42. The Morgan fingerprint density at radius 2 is 1.95 bits per heavy atom. The number of rotatable bonds is 5. The Morgan fingerprint density at radius 1 is 1.29 bits per heavy atom. The minimum Gasteiger partial charge on any atom is -0.465 e. The molecule has 1 saturated heterocycles. The zero-order valence-electron chi connectivity index (χ0n) is 12.4. The van der Waals surface area contributed by atoms with E-state index >= 15 is 0 Å². The second kappa shape index (κ2) is 7.33. The number of benzene rings is 1. The minimum absolute atomic E-state index is 0.113. The maximum Gasteiger partial charge on any atom is 0.338 e. The summed E-state index contributed by atoms with van der Waals surface area (Å²) in [6.45, 7) is 2.15. The van der Waals surface area contributed by atoms with Gasteiger partial charge in [-0.25, -0.2) is 4.79 Å². The molecule has 0 aromatic heterocycles. The van der Waals surface area contributed by atoms with Crippen molar-refractivity contribution in [3.8, 4) is 0 Å². The second-order valence-electron chi connectivity index (χ2n) is 5.48. The molecular weight excluding hydrogens is 268 g/mol. The molecule has 1 fully saturated rings. The number of carbonyl (C=O) groups is 2. The summed E-state index contributed by atoms with van der Waals surface area (Å²) in [5.74, 6) is -0.288. The SMILES string of the molecule is COC(=O)c1ccccc1CC(=O)CN1CCC(N)CC1. The third kappa shape index (κ3) is 4.37. The predicted molar refractivity (Wildman–Crippen MR) is 80.1 cm³/mol. The molecule has 1 aromatic rings. The van der Waals surface area contributed by atoms with Crippen LogP contribution in [0.25, 0.3) is 0 Å². The van der Waals surface area contributed by atoms with E-state index in [1.807, 2.05) is 6.07 Å². The summed E-state index contributed by atoms with van der Waals surface area (Å²) in [6.07, 6.45) is 2.13. The topological polar surface area (TPSA) is 72.6 Å². The number of ether oxygens (including phenoxy) is 1. The van der Waals surface area contributed by atoms with Gasteiger partial charge in [-0.05, 0) is 24.5 Å². The third-order valence-corrected chi connectivity index (χ3v) is 3.84. The molecule has 2 N–H and O–H groups in total. The number of esters is 1. The number of Topliss-reactive ketones (excluding diaryl/α,β-unsaturated/α-hetero) is 1. The maximum atomic E-state index is 12.2. The molecule has 5 nitrogen and oxygen atoms in total. The van der Waals surface area contributed by atoms with Gasteiger partial charge in [-0.1, -0.05) is 18.2 Å². The van der Waals surface area contributed by atoms with Gasteiger partial charge >= 0.3 is 5.97 Å². The monoisotopic (exact) mass is 290 g/mol. The molecule has 0 saturated carbocycles. The molecule has 0 aliphatic carbocycles. The Morgan fingerprint density at radius 3 is 2.62 bits per heavy atom. The molecule has 1 aromatic carbocycles. The van der Waals surface area contributed by atoms with E-state index in [-0.39, 0.29) is 18.2 Å². The number of nitrogens with two attached hydrogens (primary N) is 1. The molecule has 0 radical (unpaired) electrons. The summed E-state index contributed by atoms with van der Waals surface area (Å²) in [7, 11) is 1.35. The first-order chi connectivity index (χ1) is 10.1. The number of piperidine rings is 1. The largest absolute Gasteiger partial charge is 0.465 e. The fourth-order valence-electron chi connectivity index (χ4n) is 2.61. The van der Waals surface area contributed by atoms with Gasteiger partial charge in [-0.3, -0.25) is 9.69 Å². The zero-order valence-corrected chi connectivity index (χ0v) is 12.4. The molecule has 1 heterocycles. The van der Waals surface area contributed by atoms with Crippen molar-refractivity contribution in [1.29, 1.82) is 0 Å². The molecule has 0 unspecified atom stereocenters. The first-order valence-corrected chi connectivity index (χ1v) is 7.26. The fourth-order valence-corrected chi connectivity index (χ4v) is 2.61. The van der Waals surface area contributed by atoms with Crippen LogP contribution in [0.2, 0.25) is 0 Å². The van der Waals surface area contributed by atoms with E-state index in [0.717, 1.165) is 31.5 Å². The van der Waals surface area contributed by atoms with E-state index < -0.39 is 5.97 Å². The number of nitrogens with zero attached hydrogens (tertiary/aromatic N) is 1. The number of carbonyl (C=O) groups excluding carboxylic acids is 2. The predicted octanol–water partition coefficient (Wildman–Crippen LogP) is 1.01. The van der Waals surface area contributed by atoms with Crippen LogP contribution < -0.4 is 5.73 Å². The Balaban J connectivity index is 1.95. The molecule has 0 bridgehead atoms. The first-order valence-electron chi connectivity index (χ1n) is 7.26. The van der Waals surface area contributed by atoms with Crippen LogP contribution in [0.4, 0.5) is 0 Å². The summed E-state index contributed by atoms with van der Waals surface area (Å²) in [5.41, 5.74) is 7.05. The highest BCUT2D eigenvalue weighted by Crippen LogP contribution is 2.13. The summed E-state index contributed by atoms with van der Waals surface area (Å²) in [6, 6.07) is 7.35. The van der Waals surface area contributed by atoms with Crippen molar-refractivity contribution in [3.63, 3.8) is 0 Å². The molecule has 21 heavy (non-hydrogen) atoms.